The largest absolute Gasteiger partial charge is 0.330 e. The third kappa shape index (κ3) is 3.57. The van der Waals surface area contributed by atoms with Gasteiger partial charge in [0.25, 0.3) is 0 Å². The van der Waals surface area contributed by atoms with Gasteiger partial charge in [-0.25, -0.2) is 0 Å². The maximum absolute atomic E-state index is 8.78. The summed E-state index contributed by atoms with van der Waals surface area (Å²) >= 11 is 5.89. The van der Waals surface area contributed by atoms with Gasteiger partial charge in [0.2, 0.25) is 0 Å². The topological polar surface area (TPSA) is 49.8 Å². The first-order chi connectivity index (χ1) is 9.22. The third-order valence-corrected chi connectivity index (χ3v) is 3.44. The summed E-state index contributed by atoms with van der Waals surface area (Å²) in [4.78, 5) is 0. The molecule has 2 aromatic carbocycles. The number of halogens is 1. The molecule has 0 amide bonds. The Hall–Kier alpha value is -1.82. The van der Waals surface area contributed by atoms with E-state index < -0.39 is 0 Å². The normalized spacial score (nSPS) is 11.8. The van der Waals surface area contributed by atoms with E-state index in [-0.39, 0.29) is 5.92 Å². The summed E-state index contributed by atoms with van der Waals surface area (Å²) in [5.74, 6) is 0.269. The number of nitrogens with zero attached hydrogens (tertiary/aromatic N) is 1. The molecule has 2 nitrogen and oxygen atoms in total. The molecule has 2 rings (SSSR count). The van der Waals surface area contributed by atoms with Crippen LogP contribution < -0.4 is 5.73 Å². The van der Waals surface area contributed by atoms with Crippen molar-refractivity contribution in [3.63, 3.8) is 0 Å². The molecule has 0 aliphatic rings. The second-order valence-corrected chi connectivity index (χ2v) is 4.93. The molecule has 2 aromatic rings. The Morgan fingerprint density at radius 2 is 1.68 bits per heavy atom. The lowest BCUT2D eigenvalue weighted by Gasteiger charge is -2.15. The average Bonchev–Trinajstić information content (AvgIpc) is 2.46. The fourth-order valence-corrected chi connectivity index (χ4v) is 2.20. The molecular formula is C16H15ClN2. The van der Waals surface area contributed by atoms with E-state index in [0.717, 1.165) is 11.4 Å². The zero-order chi connectivity index (χ0) is 13.7. The molecule has 0 fully saturated rings. The number of nitrogens with two attached hydrogens (primary N) is 1. The maximum Gasteiger partial charge on any atom is 0.0991 e. The Bertz CT molecular complexity index is 567. The second kappa shape index (κ2) is 6.38. The molecular weight excluding hydrogens is 256 g/mol. The molecule has 0 aliphatic heterocycles. The first-order valence-electron chi connectivity index (χ1n) is 6.17. The molecule has 0 spiro atoms. The van der Waals surface area contributed by atoms with Crippen LogP contribution in [0.3, 0.4) is 0 Å². The SMILES string of the molecule is N#Cc1ccc(CC(CN)c2ccc(Cl)cc2)cc1. The highest BCUT2D eigenvalue weighted by molar-refractivity contribution is 6.30. The Morgan fingerprint density at radius 3 is 2.21 bits per heavy atom. The van der Waals surface area contributed by atoms with Gasteiger partial charge in [0.15, 0.2) is 0 Å². The predicted molar refractivity (Wildman–Crippen MR) is 78.1 cm³/mol. The summed E-state index contributed by atoms with van der Waals surface area (Å²) in [5, 5.41) is 9.51. The molecule has 96 valence electrons. The quantitative estimate of drug-likeness (QED) is 0.924. The average molecular weight is 271 g/mol. The molecule has 0 aromatic heterocycles. The van der Waals surface area contributed by atoms with Gasteiger partial charge in [-0.15, -0.1) is 0 Å². The van der Waals surface area contributed by atoms with E-state index in [0.29, 0.717) is 12.1 Å². The van der Waals surface area contributed by atoms with E-state index in [2.05, 4.69) is 6.07 Å². The van der Waals surface area contributed by atoms with Crippen LogP contribution in [0.2, 0.25) is 5.02 Å². The Morgan fingerprint density at radius 1 is 1.05 bits per heavy atom. The molecule has 0 saturated carbocycles. The number of benzene rings is 2. The number of nitriles is 1. The van der Waals surface area contributed by atoms with Gasteiger partial charge in [-0.1, -0.05) is 35.9 Å². The van der Waals surface area contributed by atoms with Crippen molar-refractivity contribution in [2.75, 3.05) is 6.54 Å². The lowest BCUT2D eigenvalue weighted by molar-refractivity contribution is 0.694. The molecule has 3 heteroatoms. The van der Waals surface area contributed by atoms with Crippen LogP contribution in [0.5, 0.6) is 0 Å². The van der Waals surface area contributed by atoms with Gasteiger partial charge in [0.05, 0.1) is 11.6 Å². The van der Waals surface area contributed by atoms with Crippen molar-refractivity contribution in [2.45, 2.75) is 12.3 Å². The van der Waals surface area contributed by atoms with Crippen molar-refractivity contribution in [1.82, 2.24) is 0 Å². The molecule has 1 unspecified atom stereocenters. The van der Waals surface area contributed by atoms with E-state index in [1.54, 1.807) is 0 Å². The first-order valence-corrected chi connectivity index (χ1v) is 6.55. The van der Waals surface area contributed by atoms with Crippen LogP contribution in [0.25, 0.3) is 0 Å². The van der Waals surface area contributed by atoms with E-state index in [9.17, 15) is 0 Å². The minimum Gasteiger partial charge on any atom is -0.330 e. The highest BCUT2D eigenvalue weighted by Gasteiger charge is 2.10. The predicted octanol–water partition coefficient (Wildman–Crippen LogP) is 3.50. The molecule has 0 aliphatic carbocycles. The summed E-state index contributed by atoms with van der Waals surface area (Å²) in [6.45, 7) is 0.585. The van der Waals surface area contributed by atoms with Crippen LogP contribution in [0.4, 0.5) is 0 Å². The second-order valence-electron chi connectivity index (χ2n) is 4.50. The Kier molecular flexibility index (Phi) is 4.57. The monoisotopic (exact) mass is 270 g/mol. The third-order valence-electron chi connectivity index (χ3n) is 3.19. The van der Waals surface area contributed by atoms with Crippen molar-refractivity contribution in [1.29, 1.82) is 5.26 Å². The van der Waals surface area contributed by atoms with Crippen LogP contribution in [-0.2, 0) is 6.42 Å². The van der Waals surface area contributed by atoms with Crippen molar-refractivity contribution >= 4 is 11.6 Å². The summed E-state index contributed by atoms with van der Waals surface area (Å²) in [7, 11) is 0. The Balaban J connectivity index is 2.14. The van der Waals surface area contributed by atoms with Gasteiger partial charge in [-0.05, 0) is 48.4 Å². The summed E-state index contributed by atoms with van der Waals surface area (Å²) < 4.78 is 0. The lowest BCUT2D eigenvalue weighted by atomic mass is 9.92. The van der Waals surface area contributed by atoms with Crippen molar-refractivity contribution in [3.8, 4) is 6.07 Å². The van der Waals surface area contributed by atoms with Crippen molar-refractivity contribution in [2.24, 2.45) is 5.73 Å². The Labute approximate surface area is 118 Å². The standard InChI is InChI=1S/C16H15ClN2/c17-16-7-5-14(6-8-16)15(11-19)9-12-1-3-13(10-18)4-2-12/h1-8,15H,9,11,19H2. The van der Waals surface area contributed by atoms with Crippen molar-refractivity contribution in [3.05, 3.63) is 70.2 Å². The van der Waals surface area contributed by atoms with Crippen LogP contribution in [0, 0.1) is 11.3 Å². The molecule has 1 atom stereocenters. The van der Waals surface area contributed by atoms with E-state index >= 15 is 0 Å². The van der Waals surface area contributed by atoms with E-state index in [1.807, 2.05) is 48.5 Å². The number of hydrogen-bond acceptors (Lipinski definition) is 2. The van der Waals surface area contributed by atoms with Gasteiger partial charge in [0.1, 0.15) is 0 Å². The zero-order valence-corrected chi connectivity index (χ0v) is 11.3. The van der Waals surface area contributed by atoms with Crippen LogP contribution in [0.15, 0.2) is 48.5 Å². The molecule has 2 N–H and O–H groups in total. The summed E-state index contributed by atoms with van der Waals surface area (Å²) in [5.41, 5.74) is 8.92. The number of rotatable bonds is 4. The maximum atomic E-state index is 8.78. The van der Waals surface area contributed by atoms with E-state index in [1.165, 1.54) is 11.1 Å². The molecule has 0 radical (unpaired) electrons. The molecule has 0 saturated heterocycles. The minimum absolute atomic E-state index is 0.269. The van der Waals surface area contributed by atoms with Crippen LogP contribution in [-0.4, -0.2) is 6.54 Å². The first kappa shape index (κ1) is 13.6. The highest BCUT2D eigenvalue weighted by Crippen LogP contribution is 2.22. The fraction of sp³-hybridized carbons (Fsp3) is 0.188. The molecule has 0 heterocycles. The van der Waals surface area contributed by atoms with E-state index in [4.69, 9.17) is 22.6 Å². The molecule has 0 bridgehead atoms. The van der Waals surface area contributed by atoms with Gasteiger partial charge >= 0.3 is 0 Å². The smallest absolute Gasteiger partial charge is 0.0991 e. The van der Waals surface area contributed by atoms with Gasteiger partial charge in [0, 0.05) is 10.9 Å². The van der Waals surface area contributed by atoms with Gasteiger partial charge < -0.3 is 5.73 Å². The highest BCUT2D eigenvalue weighted by atomic mass is 35.5. The van der Waals surface area contributed by atoms with Crippen LogP contribution >= 0.6 is 11.6 Å². The summed E-state index contributed by atoms with van der Waals surface area (Å²) in [6, 6.07) is 17.6. The summed E-state index contributed by atoms with van der Waals surface area (Å²) in [6.07, 6.45) is 0.865. The lowest BCUT2D eigenvalue weighted by Crippen LogP contribution is -2.15. The number of hydrogen-bond donors (Lipinski definition) is 1. The minimum atomic E-state index is 0.269. The van der Waals surface area contributed by atoms with Crippen LogP contribution in [0.1, 0.15) is 22.6 Å². The fourth-order valence-electron chi connectivity index (χ4n) is 2.07. The van der Waals surface area contributed by atoms with Crippen molar-refractivity contribution < 1.29 is 0 Å². The molecule has 19 heavy (non-hydrogen) atoms. The van der Waals surface area contributed by atoms with Gasteiger partial charge in [-0.2, -0.15) is 5.26 Å². The zero-order valence-electron chi connectivity index (χ0n) is 10.5. The van der Waals surface area contributed by atoms with Gasteiger partial charge in [-0.3, -0.25) is 0 Å².